The lowest BCUT2D eigenvalue weighted by atomic mass is 9.68. The Bertz CT molecular complexity index is 733. The van der Waals surface area contributed by atoms with Crippen LogP contribution in [-0.4, -0.2) is 25.2 Å². The molecule has 4 aliphatic rings. The van der Waals surface area contributed by atoms with Crippen LogP contribution in [-0.2, 0) is 19.1 Å². The molecular weight excluding hydrogens is 376 g/mol. The third-order valence-electron chi connectivity index (χ3n) is 8.61. The molecule has 4 heteroatoms. The van der Waals surface area contributed by atoms with E-state index in [1.54, 1.807) is 5.57 Å². The van der Waals surface area contributed by atoms with Gasteiger partial charge < -0.3 is 9.47 Å². The van der Waals surface area contributed by atoms with Gasteiger partial charge in [0.1, 0.15) is 0 Å². The number of fused-ring (bicyclic) bond motifs is 9. The fourth-order valence-electron chi connectivity index (χ4n) is 7.26. The van der Waals surface area contributed by atoms with Crippen molar-refractivity contribution >= 4 is 11.9 Å². The lowest BCUT2D eigenvalue weighted by Crippen LogP contribution is -2.38. The van der Waals surface area contributed by atoms with E-state index in [0.717, 1.165) is 31.1 Å². The van der Waals surface area contributed by atoms with Gasteiger partial charge in [0, 0.05) is 5.41 Å². The normalized spacial score (nSPS) is 36.6. The zero-order valence-electron chi connectivity index (χ0n) is 19.7. The fourth-order valence-corrected chi connectivity index (χ4v) is 7.26. The lowest BCUT2D eigenvalue weighted by Gasteiger charge is -2.37. The highest BCUT2D eigenvalue weighted by molar-refractivity contribution is 5.76. The minimum absolute atomic E-state index is 0.0175. The molecule has 0 spiro atoms. The molecule has 4 rings (SSSR count). The van der Waals surface area contributed by atoms with Crippen LogP contribution in [0.3, 0.4) is 0 Å². The minimum Gasteiger partial charge on any atom is -0.465 e. The number of carbonyl (C=O) groups is 2. The summed E-state index contributed by atoms with van der Waals surface area (Å²) < 4.78 is 11.4. The highest BCUT2D eigenvalue weighted by Gasteiger charge is 2.63. The molecule has 7 unspecified atom stereocenters. The van der Waals surface area contributed by atoms with Crippen molar-refractivity contribution < 1.29 is 19.1 Å². The summed E-state index contributed by atoms with van der Waals surface area (Å²) in [5.74, 6) is 4.16. The van der Waals surface area contributed by atoms with E-state index in [2.05, 4.69) is 19.9 Å². The van der Waals surface area contributed by atoms with Gasteiger partial charge in [0.15, 0.2) is 0 Å². The van der Waals surface area contributed by atoms with E-state index in [1.807, 2.05) is 27.7 Å². The van der Waals surface area contributed by atoms with Crippen molar-refractivity contribution in [3.05, 3.63) is 11.6 Å². The first-order chi connectivity index (χ1) is 14.0. The lowest BCUT2D eigenvalue weighted by molar-refractivity contribution is -0.162. The molecule has 0 N–H and O–H groups in total. The molecular formula is C26H40O4. The van der Waals surface area contributed by atoms with Gasteiger partial charge in [-0.25, -0.2) is 0 Å². The molecule has 7 atom stereocenters. The molecule has 0 radical (unpaired) electrons. The zero-order chi connectivity index (χ0) is 21.8. The number of hydrogen-bond acceptors (Lipinski definition) is 4. The van der Waals surface area contributed by atoms with Gasteiger partial charge in [0.05, 0.1) is 24.5 Å². The third kappa shape index (κ3) is 3.73. The molecule has 30 heavy (non-hydrogen) atoms. The van der Waals surface area contributed by atoms with E-state index in [9.17, 15) is 9.59 Å². The summed E-state index contributed by atoms with van der Waals surface area (Å²) in [6, 6.07) is 0. The summed E-state index contributed by atoms with van der Waals surface area (Å²) >= 11 is 0. The van der Waals surface area contributed by atoms with E-state index in [-0.39, 0.29) is 29.9 Å². The monoisotopic (exact) mass is 416 g/mol. The Morgan fingerprint density at radius 3 is 2.43 bits per heavy atom. The largest absolute Gasteiger partial charge is 0.465 e. The van der Waals surface area contributed by atoms with Gasteiger partial charge in [-0.3, -0.25) is 9.59 Å². The summed E-state index contributed by atoms with van der Waals surface area (Å²) in [4.78, 5) is 25.4. The van der Waals surface area contributed by atoms with E-state index >= 15 is 0 Å². The number of rotatable bonds is 8. The molecule has 3 saturated carbocycles. The molecule has 168 valence electrons. The van der Waals surface area contributed by atoms with E-state index in [0.29, 0.717) is 30.3 Å². The first kappa shape index (κ1) is 21.9. The highest BCUT2D eigenvalue weighted by atomic mass is 16.5. The average molecular weight is 417 g/mol. The highest BCUT2D eigenvalue weighted by Crippen LogP contribution is 2.68. The number of carbonyl (C=O) groups excluding carboxylic acids is 2. The number of allylic oxidation sites excluding steroid dienone is 2. The van der Waals surface area contributed by atoms with Crippen molar-refractivity contribution in [2.75, 3.05) is 13.2 Å². The molecule has 4 nitrogen and oxygen atoms in total. The van der Waals surface area contributed by atoms with Crippen molar-refractivity contribution in [3.8, 4) is 0 Å². The predicted octanol–water partition coefficient (Wildman–Crippen LogP) is 5.41. The molecule has 0 saturated heterocycles. The average Bonchev–Trinajstić information content (AvgIpc) is 3.42. The summed E-state index contributed by atoms with van der Waals surface area (Å²) in [5, 5.41) is 0. The second kappa shape index (κ2) is 7.67. The van der Waals surface area contributed by atoms with Crippen LogP contribution in [0, 0.1) is 52.3 Å². The Balaban J connectivity index is 1.28. The Morgan fingerprint density at radius 2 is 1.73 bits per heavy atom. The molecule has 4 bridgehead atoms. The molecule has 0 heterocycles. The maximum atomic E-state index is 13.0. The summed E-state index contributed by atoms with van der Waals surface area (Å²) in [6.45, 7) is 12.8. The summed E-state index contributed by atoms with van der Waals surface area (Å²) in [6.07, 6.45) is 7.84. The number of ether oxygens (including phenoxy) is 2. The molecule has 3 fully saturated rings. The van der Waals surface area contributed by atoms with Crippen molar-refractivity contribution in [2.45, 2.75) is 73.6 Å². The Hall–Kier alpha value is -1.32. The standard InChI is InChI=1S/C26H40O4/c1-7-8-26(5,6)24(28)30-14-25(3,4)13-29-23(27)20-12-17-11-19(20)22-18-10-16(21(17)22)9-15(18)2/h9,16-22H,7-8,10-14H2,1-6H3. The van der Waals surface area contributed by atoms with Crippen molar-refractivity contribution in [1.82, 2.24) is 0 Å². The van der Waals surface area contributed by atoms with Gasteiger partial charge in [-0.05, 0) is 82.0 Å². The maximum absolute atomic E-state index is 13.0. The van der Waals surface area contributed by atoms with Crippen molar-refractivity contribution in [3.63, 3.8) is 0 Å². The van der Waals surface area contributed by atoms with Crippen LogP contribution in [0.5, 0.6) is 0 Å². The van der Waals surface area contributed by atoms with E-state index in [1.165, 1.54) is 12.8 Å². The Morgan fingerprint density at radius 1 is 1.03 bits per heavy atom. The van der Waals surface area contributed by atoms with Crippen LogP contribution < -0.4 is 0 Å². The molecule has 0 aromatic carbocycles. The summed E-state index contributed by atoms with van der Waals surface area (Å²) in [7, 11) is 0. The zero-order valence-corrected chi connectivity index (χ0v) is 19.7. The topological polar surface area (TPSA) is 52.6 Å². The third-order valence-corrected chi connectivity index (χ3v) is 8.61. The second-order valence-electron chi connectivity index (χ2n) is 12.1. The first-order valence-electron chi connectivity index (χ1n) is 12.1. The van der Waals surface area contributed by atoms with Crippen molar-refractivity contribution in [2.24, 2.45) is 52.3 Å². The van der Waals surface area contributed by atoms with Crippen LogP contribution in [0.2, 0.25) is 0 Å². The fraction of sp³-hybridized carbons (Fsp3) is 0.846. The smallest absolute Gasteiger partial charge is 0.311 e. The van der Waals surface area contributed by atoms with Crippen LogP contribution in [0.4, 0.5) is 0 Å². The molecule has 0 amide bonds. The summed E-state index contributed by atoms with van der Waals surface area (Å²) in [5.41, 5.74) is 0.725. The molecule has 4 aliphatic carbocycles. The van der Waals surface area contributed by atoms with Gasteiger partial charge in [0.25, 0.3) is 0 Å². The van der Waals surface area contributed by atoms with E-state index in [4.69, 9.17) is 9.47 Å². The number of hydrogen-bond donors (Lipinski definition) is 0. The van der Waals surface area contributed by atoms with Crippen LogP contribution in [0.1, 0.15) is 73.6 Å². The maximum Gasteiger partial charge on any atom is 0.311 e. The molecule has 0 aromatic heterocycles. The SMILES string of the molecule is CCCC(C)(C)C(=O)OCC(C)(C)COC(=O)C1CC2CC1C1C3CC(C=C3C)C21. The van der Waals surface area contributed by atoms with Crippen LogP contribution in [0.25, 0.3) is 0 Å². The van der Waals surface area contributed by atoms with Crippen molar-refractivity contribution in [1.29, 1.82) is 0 Å². The Kier molecular flexibility index (Phi) is 5.60. The molecule has 0 aliphatic heterocycles. The van der Waals surface area contributed by atoms with Gasteiger partial charge in [0.2, 0.25) is 0 Å². The predicted molar refractivity (Wildman–Crippen MR) is 116 cm³/mol. The molecule has 0 aromatic rings. The van der Waals surface area contributed by atoms with Crippen LogP contribution in [0.15, 0.2) is 11.6 Å². The number of esters is 2. The minimum atomic E-state index is -0.464. The van der Waals surface area contributed by atoms with Crippen LogP contribution >= 0.6 is 0 Å². The van der Waals surface area contributed by atoms with E-state index < -0.39 is 5.41 Å². The van der Waals surface area contributed by atoms with Gasteiger partial charge in [-0.15, -0.1) is 0 Å². The quantitative estimate of drug-likeness (QED) is 0.302. The second-order valence-corrected chi connectivity index (χ2v) is 12.1. The van der Waals surface area contributed by atoms with Gasteiger partial charge in [-0.1, -0.05) is 38.8 Å². The first-order valence-corrected chi connectivity index (χ1v) is 12.1. The Labute approximate surface area is 182 Å². The van der Waals surface area contributed by atoms with Gasteiger partial charge in [-0.2, -0.15) is 0 Å². The van der Waals surface area contributed by atoms with Gasteiger partial charge >= 0.3 is 11.9 Å².